The fourth-order valence-electron chi connectivity index (χ4n) is 1.23. The molecule has 0 fully saturated rings. The van der Waals surface area contributed by atoms with E-state index in [9.17, 15) is 0 Å². The average Bonchev–Trinajstić information content (AvgIpc) is 2.47. The van der Waals surface area contributed by atoms with Crippen LogP contribution in [0.1, 0.15) is 0 Å². The summed E-state index contributed by atoms with van der Waals surface area (Å²) in [4.78, 5) is 4.13. The number of rotatable bonds is 1. The SMILES string of the molecule is COc1cc(Cl)nc2c1cnn2C. The number of hydrogen-bond acceptors (Lipinski definition) is 3. The van der Waals surface area contributed by atoms with Gasteiger partial charge in [-0.3, -0.25) is 4.68 Å². The minimum atomic E-state index is 0.410. The molecule has 0 unspecified atom stereocenters. The lowest BCUT2D eigenvalue weighted by Crippen LogP contribution is -1.92. The van der Waals surface area contributed by atoms with E-state index in [0.29, 0.717) is 10.9 Å². The van der Waals surface area contributed by atoms with E-state index in [0.717, 1.165) is 11.0 Å². The van der Waals surface area contributed by atoms with Crippen LogP contribution in [0.2, 0.25) is 5.15 Å². The maximum Gasteiger partial charge on any atom is 0.162 e. The van der Waals surface area contributed by atoms with Crippen LogP contribution < -0.4 is 4.74 Å². The van der Waals surface area contributed by atoms with E-state index in [2.05, 4.69) is 10.1 Å². The lowest BCUT2D eigenvalue weighted by atomic mass is 10.3. The molecular formula is C8H8ClN3O. The molecule has 0 spiro atoms. The first kappa shape index (κ1) is 8.31. The molecule has 0 N–H and O–H groups in total. The quantitative estimate of drug-likeness (QED) is 0.653. The van der Waals surface area contributed by atoms with E-state index in [4.69, 9.17) is 16.3 Å². The number of ether oxygens (including phenoxy) is 1. The summed E-state index contributed by atoms with van der Waals surface area (Å²) in [5.74, 6) is 0.697. The van der Waals surface area contributed by atoms with Crippen LogP contribution in [0.15, 0.2) is 12.3 Å². The van der Waals surface area contributed by atoms with Crippen molar-refractivity contribution in [1.82, 2.24) is 14.8 Å². The van der Waals surface area contributed by atoms with Crippen molar-refractivity contribution in [2.75, 3.05) is 7.11 Å². The van der Waals surface area contributed by atoms with Crippen molar-refractivity contribution in [3.05, 3.63) is 17.4 Å². The highest BCUT2D eigenvalue weighted by Gasteiger charge is 2.08. The lowest BCUT2D eigenvalue weighted by Gasteiger charge is -2.01. The highest BCUT2D eigenvalue weighted by Crippen LogP contribution is 2.26. The maximum atomic E-state index is 5.80. The zero-order chi connectivity index (χ0) is 9.42. The van der Waals surface area contributed by atoms with Crippen LogP contribution in [0.5, 0.6) is 5.75 Å². The van der Waals surface area contributed by atoms with Gasteiger partial charge in [0.1, 0.15) is 10.9 Å². The molecule has 0 amide bonds. The van der Waals surface area contributed by atoms with E-state index in [1.54, 1.807) is 24.1 Å². The highest BCUT2D eigenvalue weighted by atomic mass is 35.5. The number of halogens is 1. The van der Waals surface area contributed by atoms with Crippen molar-refractivity contribution in [2.24, 2.45) is 7.05 Å². The van der Waals surface area contributed by atoms with E-state index >= 15 is 0 Å². The molecule has 2 aromatic rings. The van der Waals surface area contributed by atoms with Crippen molar-refractivity contribution >= 4 is 22.6 Å². The molecule has 0 saturated heterocycles. The Hall–Kier alpha value is -1.29. The number of methoxy groups -OCH3 is 1. The number of nitrogens with zero attached hydrogens (tertiary/aromatic N) is 3. The van der Waals surface area contributed by atoms with Gasteiger partial charge >= 0.3 is 0 Å². The fourth-order valence-corrected chi connectivity index (χ4v) is 1.40. The predicted molar refractivity (Wildman–Crippen MR) is 50.1 cm³/mol. The summed E-state index contributed by atoms with van der Waals surface area (Å²) in [5, 5.41) is 5.34. The molecule has 4 nitrogen and oxygen atoms in total. The van der Waals surface area contributed by atoms with Gasteiger partial charge in [0, 0.05) is 13.1 Å². The molecule has 0 bridgehead atoms. The van der Waals surface area contributed by atoms with Crippen LogP contribution in [0, 0.1) is 0 Å². The van der Waals surface area contributed by atoms with Gasteiger partial charge in [-0.05, 0) is 0 Å². The van der Waals surface area contributed by atoms with Gasteiger partial charge in [-0.1, -0.05) is 11.6 Å². The van der Waals surface area contributed by atoms with Gasteiger partial charge in [0.25, 0.3) is 0 Å². The Bertz CT molecular complexity index is 452. The van der Waals surface area contributed by atoms with Crippen LogP contribution in [0.25, 0.3) is 11.0 Å². The van der Waals surface area contributed by atoms with Gasteiger partial charge in [-0.2, -0.15) is 5.10 Å². The summed E-state index contributed by atoms with van der Waals surface area (Å²) < 4.78 is 6.80. The second-order valence-corrected chi connectivity index (χ2v) is 3.04. The molecule has 0 radical (unpaired) electrons. The molecule has 0 aliphatic carbocycles. The Morgan fingerprint density at radius 2 is 2.31 bits per heavy atom. The maximum absolute atomic E-state index is 5.80. The van der Waals surface area contributed by atoms with Crippen molar-refractivity contribution in [1.29, 1.82) is 0 Å². The Labute approximate surface area is 80.1 Å². The number of pyridine rings is 1. The molecule has 0 saturated carbocycles. The minimum absolute atomic E-state index is 0.410. The van der Waals surface area contributed by atoms with E-state index in [1.165, 1.54) is 0 Å². The molecule has 2 aromatic heterocycles. The molecule has 0 atom stereocenters. The number of hydrogen-bond donors (Lipinski definition) is 0. The normalized spacial score (nSPS) is 10.7. The van der Waals surface area contributed by atoms with Gasteiger partial charge in [0.2, 0.25) is 0 Å². The molecule has 0 aromatic carbocycles. The van der Waals surface area contributed by atoms with E-state index < -0.39 is 0 Å². The summed E-state index contributed by atoms with van der Waals surface area (Å²) in [7, 11) is 3.41. The minimum Gasteiger partial charge on any atom is -0.496 e. The van der Waals surface area contributed by atoms with Gasteiger partial charge in [-0.15, -0.1) is 0 Å². The smallest absolute Gasteiger partial charge is 0.162 e. The van der Waals surface area contributed by atoms with Crippen LogP contribution in [0.3, 0.4) is 0 Å². The number of aryl methyl sites for hydroxylation is 1. The topological polar surface area (TPSA) is 39.9 Å². The second-order valence-electron chi connectivity index (χ2n) is 2.65. The zero-order valence-corrected chi connectivity index (χ0v) is 8.04. The Balaban J connectivity index is 2.84. The zero-order valence-electron chi connectivity index (χ0n) is 7.28. The fraction of sp³-hybridized carbons (Fsp3) is 0.250. The Morgan fingerprint density at radius 1 is 1.54 bits per heavy atom. The molecule has 5 heteroatoms. The van der Waals surface area contributed by atoms with Gasteiger partial charge in [0.05, 0.1) is 18.7 Å². The summed E-state index contributed by atoms with van der Waals surface area (Å²) in [5.41, 5.74) is 0.726. The molecule has 68 valence electrons. The first-order valence-corrected chi connectivity index (χ1v) is 4.12. The van der Waals surface area contributed by atoms with Crippen molar-refractivity contribution in [2.45, 2.75) is 0 Å². The molecule has 0 aliphatic heterocycles. The average molecular weight is 198 g/mol. The van der Waals surface area contributed by atoms with E-state index in [-0.39, 0.29) is 0 Å². The summed E-state index contributed by atoms with van der Waals surface area (Å²) in [6.45, 7) is 0. The van der Waals surface area contributed by atoms with Crippen molar-refractivity contribution in [3.8, 4) is 5.75 Å². The monoisotopic (exact) mass is 197 g/mol. The van der Waals surface area contributed by atoms with Crippen LogP contribution in [-0.2, 0) is 7.05 Å². The largest absolute Gasteiger partial charge is 0.496 e. The summed E-state index contributed by atoms with van der Waals surface area (Å²) in [6.07, 6.45) is 1.71. The van der Waals surface area contributed by atoms with Crippen LogP contribution >= 0.6 is 11.6 Å². The van der Waals surface area contributed by atoms with Gasteiger partial charge in [-0.25, -0.2) is 4.98 Å². The first-order chi connectivity index (χ1) is 6.22. The molecule has 2 rings (SSSR count). The number of aromatic nitrogens is 3. The third kappa shape index (κ3) is 1.23. The summed E-state index contributed by atoms with van der Waals surface area (Å²) >= 11 is 5.80. The molecule has 2 heterocycles. The van der Waals surface area contributed by atoms with Crippen LogP contribution in [-0.4, -0.2) is 21.9 Å². The third-order valence-corrected chi connectivity index (χ3v) is 2.05. The Kier molecular flexibility index (Phi) is 1.84. The van der Waals surface area contributed by atoms with Crippen molar-refractivity contribution < 1.29 is 4.74 Å². The molecule has 0 aliphatic rings. The highest BCUT2D eigenvalue weighted by molar-refractivity contribution is 6.30. The molecular weight excluding hydrogens is 190 g/mol. The third-order valence-electron chi connectivity index (χ3n) is 1.86. The standard InChI is InChI=1S/C8H8ClN3O/c1-12-8-5(4-10-12)6(13-2)3-7(9)11-8/h3-4H,1-2H3. The van der Waals surface area contributed by atoms with Gasteiger partial charge < -0.3 is 4.74 Å². The van der Waals surface area contributed by atoms with Crippen molar-refractivity contribution in [3.63, 3.8) is 0 Å². The van der Waals surface area contributed by atoms with Crippen LogP contribution in [0.4, 0.5) is 0 Å². The predicted octanol–water partition coefficient (Wildman–Crippen LogP) is 1.63. The second kappa shape index (κ2) is 2.88. The lowest BCUT2D eigenvalue weighted by molar-refractivity contribution is 0.419. The first-order valence-electron chi connectivity index (χ1n) is 3.74. The Morgan fingerprint density at radius 3 is 3.00 bits per heavy atom. The van der Waals surface area contributed by atoms with E-state index in [1.807, 2.05) is 7.05 Å². The number of fused-ring (bicyclic) bond motifs is 1. The molecule has 13 heavy (non-hydrogen) atoms. The van der Waals surface area contributed by atoms with Gasteiger partial charge in [0.15, 0.2) is 5.65 Å². The summed E-state index contributed by atoms with van der Waals surface area (Å²) in [6, 6.07) is 1.67.